The van der Waals surface area contributed by atoms with E-state index in [4.69, 9.17) is 0 Å². The summed E-state index contributed by atoms with van der Waals surface area (Å²) in [6.07, 6.45) is 3.89. The summed E-state index contributed by atoms with van der Waals surface area (Å²) in [5.41, 5.74) is 8.06. The summed E-state index contributed by atoms with van der Waals surface area (Å²) in [5.74, 6) is 0.900. The summed E-state index contributed by atoms with van der Waals surface area (Å²) >= 11 is 1.70. The van der Waals surface area contributed by atoms with Gasteiger partial charge in [0.25, 0.3) is 0 Å². The number of benzene rings is 3. The van der Waals surface area contributed by atoms with Crippen molar-refractivity contribution in [3.63, 3.8) is 0 Å². The first kappa shape index (κ1) is 20.7. The largest absolute Gasteiger partial charge is 0.340 e. The van der Waals surface area contributed by atoms with Gasteiger partial charge in [-0.15, -0.1) is 35.1 Å². The Kier molecular flexibility index (Phi) is 5.70. The number of nitrogens with zero attached hydrogens (tertiary/aromatic N) is 3. The minimum atomic E-state index is 0. The van der Waals surface area contributed by atoms with Crippen LogP contribution in [0.3, 0.4) is 0 Å². The predicted octanol–water partition coefficient (Wildman–Crippen LogP) is 6.54. The molecule has 2 aromatic heterocycles. The second kappa shape index (κ2) is 8.27. The maximum Gasteiger partial charge on any atom is 0.0779 e. The van der Waals surface area contributed by atoms with Crippen molar-refractivity contribution in [1.82, 2.24) is 14.5 Å². The van der Waals surface area contributed by atoms with E-state index in [-0.39, 0.29) is 20.1 Å². The van der Waals surface area contributed by atoms with Crippen molar-refractivity contribution in [3.8, 4) is 28.2 Å². The zero-order chi connectivity index (χ0) is 20.0. The van der Waals surface area contributed by atoms with Gasteiger partial charge in [-0.3, -0.25) is 9.97 Å². The Bertz CT molecular complexity index is 1310. The van der Waals surface area contributed by atoms with Gasteiger partial charge in [0.1, 0.15) is 0 Å². The van der Waals surface area contributed by atoms with Gasteiger partial charge in [-0.1, -0.05) is 30.3 Å². The zero-order valence-corrected chi connectivity index (χ0v) is 20.1. The predicted molar refractivity (Wildman–Crippen MR) is 121 cm³/mol. The second-order valence-electron chi connectivity index (χ2n) is 7.27. The molecule has 0 fully saturated rings. The van der Waals surface area contributed by atoms with Crippen molar-refractivity contribution in [2.75, 3.05) is 0 Å². The average Bonchev–Trinajstić information content (AvgIpc) is 3.33. The first-order valence-corrected chi connectivity index (χ1v) is 10.4. The van der Waals surface area contributed by atoms with E-state index in [1.807, 2.05) is 31.5 Å². The van der Waals surface area contributed by atoms with E-state index in [0.29, 0.717) is 0 Å². The minimum absolute atomic E-state index is 0. The van der Waals surface area contributed by atoms with Gasteiger partial charge < -0.3 is 4.57 Å². The summed E-state index contributed by atoms with van der Waals surface area (Å²) in [4.78, 5) is 9.20. The quantitative estimate of drug-likeness (QED) is 0.225. The average molecular weight is 587 g/mol. The van der Waals surface area contributed by atoms with Crippen molar-refractivity contribution in [2.45, 2.75) is 20.8 Å². The van der Waals surface area contributed by atoms with E-state index in [1.165, 1.54) is 32.6 Å². The molecule has 5 aromatic rings. The van der Waals surface area contributed by atoms with E-state index in [0.717, 1.165) is 21.9 Å². The molecule has 0 bridgehead atoms. The molecule has 0 unspecified atom stereocenters. The molecule has 30 heavy (non-hydrogen) atoms. The fourth-order valence-electron chi connectivity index (χ4n) is 3.93. The Balaban J connectivity index is 0.00000218. The number of rotatable bonds is 3. The summed E-state index contributed by atoms with van der Waals surface area (Å²) < 4.78 is 3.34. The van der Waals surface area contributed by atoms with Gasteiger partial charge in [0.2, 0.25) is 0 Å². The Morgan fingerprint density at radius 3 is 2.40 bits per heavy atom. The Morgan fingerprint density at radius 1 is 0.933 bits per heavy atom. The Labute approximate surface area is 193 Å². The molecule has 3 aromatic carbocycles. The Morgan fingerprint density at radius 2 is 1.67 bits per heavy atom. The Hall–Kier alpha value is -2.59. The number of aryl methyl sites for hydroxylation is 3. The van der Waals surface area contributed by atoms with Crippen LogP contribution in [0.1, 0.15) is 16.1 Å². The van der Waals surface area contributed by atoms with Crippen molar-refractivity contribution >= 4 is 21.6 Å². The van der Waals surface area contributed by atoms with Crippen molar-refractivity contribution < 1.29 is 20.1 Å². The summed E-state index contributed by atoms with van der Waals surface area (Å²) in [7, 11) is 0. The third-order valence-electron chi connectivity index (χ3n) is 5.15. The van der Waals surface area contributed by atoms with Gasteiger partial charge in [-0.2, -0.15) is 0 Å². The first-order valence-electron chi connectivity index (χ1n) is 9.60. The van der Waals surface area contributed by atoms with Crippen LogP contribution in [0.4, 0.5) is 0 Å². The van der Waals surface area contributed by atoms with Gasteiger partial charge in [0.05, 0.1) is 10.8 Å². The molecule has 5 rings (SSSR count). The standard InChI is InChI=1S/C25H20N3S.Ir/c1-16-13-21(19-7-5-4-6-8-19)14-17(2)24(16)28-12-11-26-25(28)20-9-10-22-23(15-20)29-18(3)27-22;/h4-8,10-15H,1-3H3;/q-1;. The summed E-state index contributed by atoms with van der Waals surface area (Å²) in [5, 5.41) is 1.07. The number of aromatic nitrogens is 3. The first-order chi connectivity index (χ1) is 14.1. The summed E-state index contributed by atoms with van der Waals surface area (Å²) in [6.45, 7) is 6.36. The molecule has 0 N–H and O–H groups in total. The van der Waals surface area contributed by atoms with Gasteiger partial charge >= 0.3 is 0 Å². The molecule has 3 nitrogen and oxygen atoms in total. The fourth-order valence-corrected chi connectivity index (χ4v) is 4.78. The maximum atomic E-state index is 4.66. The number of imidazole rings is 1. The van der Waals surface area contributed by atoms with Crippen LogP contribution in [0, 0.1) is 26.8 Å². The van der Waals surface area contributed by atoms with Crippen LogP contribution in [0.5, 0.6) is 0 Å². The minimum Gasteiger partial charge on any atom is -0.340 e. The molecule has 0 aliphatic heterocycles. The van der Waals surface area contributed by atoms with Crippen molar-refractivity contribution in [2.24, 2.45) is 0 Å². The van der Waals surface area contributed by atoms with Crippen LogP contribution < -0.4 is 0 Å². The van der Waals surface area contributed by atoms with E-state index in [1.54, 1.807) is 11.3 Å². The molecule has 0 spiro atoms. The van der Waals surface area contributed by atoms with Crippen LogP contribution in [-0.2, 0) is 20.1 Å². The third-order valence-corrected chi connectivity index (χ3v) is 6.08. The van der Waals surface area contributed by atoms with Gasteiger partial charge in [-0.25, -0.2) is 0 Å². The number of hydrogen-bond donors (Lipinski definition) is 0. The molecular weight excluding hydrogens is 567 g/mol. The van der Waals surface area contributed by atoms with Crippen LogP contribution in [-0.4, -0.2) is 14.5 Å². The second-order valence-corrected chi connectivity index (χ2v) is 8.51. The number of fused-ring (bicyclic) bond motifs is 1. The molecule has 2 heterocycles. The van der Waals surface area contributed by atoms with Crippen molar-refractivity contribution in [3.05, 3.63) is 89.2 Å². The van der Waals surface area contributed by atoms with Gasteiger partial charge in [0, 0.05) is 38.2 Å². The van der Waals surface area contributed by atoms with Crippen LogP contribution in [0.15, 0.2) is 67.0 Å². The molecule has 1 radical (unpaired) electrons. The van der Waals surface area contributed by atoms with E-state index in [2.05, 4.69) is 76.9 Å². The molecule has 0 atom stereocenters. The van der Waals surface area contributed by atoms with Crippen molar-refractivity contribution in [1.29, 1.82) is 0 Å². The molecule has 151 valence electrons. The number of hydrogen-bond acceptors (Lipinski definition) is 3. The molecule has 0 amide bonds. The molecule has 5 heteroatoms. The topological polar surface area (TPSA) is 30.7 Å². The fraction of sp³-hybridized carbons (Fsp3) is 0.120. The SMILES string of the molecule is Cc1nc2c[c-]c(-c3nccn3-c3c(C)cc(-c4ccccc4)cc3C)cc2s1.[Ir]. The van der Waals surface area contributed by atoms with E-state index >= 15 is 0 Å². The third kappa shape index (κ3) is 3.65. The van der Waals surface area contributed by atoms with E-state index < -0.39 is 0 Å². The molecule has 0 saturated heterocycles. The molecular formula is C25H20IrN3S-. The maximum absolute atomic E-state index is 4.66. The molecule has 0 aliphatic rings. The number of thiazole rings is 1. The van der Waals surface area contributed by atoms with Crippen LogP contribution in [0.25, 0.3) is 38.4 Å². The molecule has 0 saturated carbocycles. The zero-order valence-electron chi connectivity index (χ0n) is 16.9. The van der Waals surface area contributed by atoms with E-state index in [9.17, 15) is 0 Å². The molecule has 0 aliphatic carbocycles. The van der Waals surface area contributed by atoms with Crippen LogP contribution in [0.2, 0.25) is 0 Å². The van der Waals surface area contributed by atoms with Crippen LogP contribution >= 0.6 is 11.3 Å². The van der Waals surface area contributed by atoms with Gasteiger partial charge in [0.15, 0.2) is 0 Å². The monoisotopic (exact) mass is 587 g/mol. The smallest absolute Gasteiger partial charge is 0.0779 e. The normalized spacial score (nSPS) is 10.9. The van der Waals surface area contributed by atoms with Gasteiger partial charge in [-0.05, 0) is 65.4 Å². The summed E-state index contributed by atoms with van der Waals surface area (Å²) in [6, 6.07) is 22.5.